The van der Waals surface area contributed by atoms with Gasteiger partial charge in [0.05, 0.1) is 10.8 Å². The van der Waals surface area contributed by atoms with E-state index in [0.717, 1.165) is 5.56 Å². The van der Waals surface area contributed by atoms with Crippen LogP contribution in [0.3, 0.4) is 0 Å². The number of hydrogen-bond acceptors (Lipinski definition) is 4. The Morgan fingerprint density at radius 1 is 1.58 bits per heavy atom. The molecule has 0 radical (unpaired) electrons. The topological polar surface area (TPSA) is 60.2 Å². The molecule has 0 spiro atoms. The molecule has 1 rings (SSSR count). The van der Waals surface area contributed by atoms with Crippen LogP contribution >= 0.6 is 11.3 Å². The lowest BCUT2D eigenvalue weighted by Gasteiger charge is -1.99. The van der Waals surface area contributed by atoms with Crippen molar-refractivity contribution in [2.75, 3.05) is 11.5 Å². The van der Waals surface area contributed by atoms with Gasteiger partial charge in [0.2, 0.25) is 0 Å². The highest BCUT2D eigenvalue weighted by Gasteiger charge is 2.11. The second-order valence-corrected chi connectivity index (χ2v) is 5.79. The maximum Gasteiger partial charge on any atom is 0.154 e. The van der Waals surface area contributed by atoms with Crippen LogP contribution < -0.4 is 5.73 Å². The average molecular weight is 205 g/mol. The minimum absolute atomic E-state index is 0.0683. The molecular formula is C7H11NO2S2. The molecule has 0 aliphatic rings. The Morgan fingerprint density at radius 2 is 2.25 bits per heavy atom. The molecule has 3 nitrogen and oxygen atoms in total. The van der Waals surface area contributed by atoms with Gasteiger partial charge in [-0.05, 0) is 11.4 Å². The molecule has 0 fully saturated rings. The lowest BCUT2D eigenvalue weighted by molar-refractivity contribution is 0.596. The Hall–Kier alpha value is -0.550. The third-order valence-electron chi connectivity index (χ3n) is 1.60. The summed E-state index contributed by atoms with van der Waals surface area (Å²) in [5, 5.41) is 2.41. The summed E-state index contributed by atoms with van der Waals surface area (Å²) in [7, 11) is -2.94. The van der Waals surface area contributed by atoms with E-state index in [4.69, 9.17) is 5.73 Å². The van der Waals surface area contributed by atoms with Gasteiger partial charge in [-0.15, -0.1) is 11.3 Å². The Morgan fingerprint density at radius 3 is 2.67 bits per heavy atom. The van der Waals surface area contributed by atoms with Crippen LogP contribution in [0.4, 0.5) is 5.00 Å². The van der Waals surface area contributed by atoms with E-state index in [1.807, 2.05) is 0 Å². The Balaban J connectivity index is 2.84. The molecule has 0 saturated heterocycles. The van der Waals surface area contributed by atoms with Crippen LogP contribution in [-0.4, -0.2) is 14.2 Å². The molecule has 1 aromatic heterocycles. The third-order valence-corrected chi connectivity index (χ3v) is 4.01. The molecule has 0 aromatic carbocycles. The summed E-state index contributed by atoms with van der Waals surface area (Å²) in [4.78, 5) is 0. The molecule has 0 saturated carbocycles. The number of sulfone groups is 1. The predicted octanol–water partition coefficient (Wildman–Crippen LogP) is 1.27. The summed E-state index contributed by atoms with van der Waals surface area (Å²) >= 11 is 1.37. The van der Waals surface area contributed by atoms with Gasteiger partial charge < -0.3 is 5.73 Å². The number of anilines is 1. The molecule has 1 heterocycles. The Kier molecular flexibility index (Phi) is 2.74. The molecule has 2 N–H and O–H groups in total. The van der Waals surface area contributed by atoms with Gasteiger partial charge in [0.15, 0.2) is 9.84 Å². The molecule has 0 aliphatic heterocycles. The molecule has 68 valence electrons. The highest BCUT2D eigenvalue weighted by atomic mass is 32.2. The zero-order chi connectivity index (χ0) is 9.19. The van der Waals surface area contributed by atoms with Crippen molar-refractivity contribution in [3.05, 3.63) is 17.0 Å². The number of nitrogen functional groups attached to an aromatic ring is 1. The molecule has 0 atom stereocenters. The average Bonchev–Trinajstić information content (AvgIpc) is 2.36. The van der Waals surface area contributed by atoms with E-state index in [-0.39, 0.29) is 11.5 Å². The van der Waals surface area contributed by atoms with Gasteiger partial charge in [0, 0.05) is 11.3 Å². The van der Waals surface area contributed by atoms with Gasteiger partial charge in [-0.25, -0.2) is 8.42 Å². The SMILES string of the molecule is CCS(=O)(=O)Cc1ccsc1N. The summed E-state index contributed by atoms with van der Waals surface area (Å²) in [5.41, 5.74) is 6.28. The van der Waals surface area contributed by atoms with E-state index in [2.05, 4.69) is 0 Å². The molecule has 12 heavy (non-hydrogen) atoms. The Labute approximate surface area is 76.1 Å². The lowest BCUT2D eigenvalue weighted by atomic mass is 10.4. The highest BCUT2D eigenvalue weighted by Crippen LogP contribution is 2.21. The second-order valence-electron chi connectivity index (χ2n) is 2.49. The van der Waals surface area contributed by atoms with Gasteiger partial charge in [0.1, 0.15) is 0 Å². The van der Waals surface area contributed by atoms with Crippen LogP contribution in [0, 0.1) is 0 Å². The molecule has 0 bridgehead atoms. The first-order valence-electron chi connectivity index (χ1n) is 3.57. The fourth-order valence-electron chi connectivity index (χ4n) is 0.806. The van der Waals surface area contributed by atoms with Crippen LogP contribution in [0.5, 0.6) is 0 Å². The first-order valence-corrected chi connectivity index (χ1v) is 6.27. The molecule has 0 unspecified atom stereocenters. The summed E-state index contributed by atoms with van der Waals surface area (Å²) < 4.78 is 22.3. The fourth-order valence-corrected chi connectivity index (χ4v) is 2.50. The monoisotopic (exact) mass is 205 g/mol. The van der Waals surface area contributed by atoms with Crippen molar-refractivity contribution in [2.45, 2.75) is 12.7 Å². The largest absolute Gasteiger partial charge is 0.390 e. The zero-order valence-corrected chi connectivity index (χ0v) is 8.41. The van der Waals surface area contributed by atoms with Crippen LogP contribution in [-0.2, 0) is 15.6 Å². The minimum Gasteiger partial charge on any atom is -0.390 e. The van der Waals surface area contributed by atoms with Gasteiger partial charge in [-0.1, -0.05) is 6.92 Å². The van der Waals surface area contributed by atoms with Gasteiger partial charge >= 0.3 is 0 Å². The fraction of sp³-hybridized carbons (Fsp3) is 0.429. The quantitative estimate of drug-likeness (QED) is 0.808. The number of nitrogens with two attached hydrogens (primary N) is 1. The molecule has 0 amide bonds. The van der Waals surface area contributed by atoms with Gasteiger partial charge in [0.25, 0.3) is 0 Å². The van der Waals surface area contributed by atoms with Crippen LogP contribution in [0.1, 0.15) is 12.5 Å². The summed E-state index contributed by atoms with van der Waals surface area (Å²) in [5.74, 6) is 0.237. The normalized spacial score (nSPS) is 11.8. The first-order chi connectivity index (χ1) is 5.55. The van der Waals surface area contributed by atoms with E-state index in [0.29, 0.717) is 5.00 Å². The van der Waals surface area contributed by atoms with Crippen molar-refractivity contribution < 1.29 is 8.42 Å². The minimum atomic E-state index is -2.94. The number of hydrogen-bond donors (Lipinski definition) is 1. The van der Waals surface area contributed by atoms with Crippen molar-refractivity contribution in [2.24, 2.45) is 0 Å². The van der Waals surface area contributed by atoms with Crippen LogP contribution in [0.15, 0.2) is 11.4 Å². The summed E-state index contributed by atoms with van der Waals surface area (Å²) in [6.45, 7) is 1.64. The molecule has 5 heteroatoms. The smallest absolute Gasteiger partial charge is 0.154 e. The van der Waals surface area contributed by atoms with E-state index in [1.165, 1.54) is 11.3 Å². The van der Waals surface area contributed by atoms with Crippen LogP contribution in [0.25, 0.3) is 0 Å². The first kappa shape index (κ1) is 9.54. The highest BCUT2D eigenvalue weighted by molar-refractivity contribution is 7.90. The summed E-state index contributed by atoms with van der Waals surface area (Å²) in [6.07, 6.45) is 0. The van der Waals surface area contributed by atoms with Crippen molar-refractivity contribution in [3.8, 4) is 0 Å². The number of thiophene rings is 1. The lowest BCUT2D eigenvalue weighted by Crippen LogP contribution is -2.06. The van der Waals surface area contributed by atoms with E-state index >= 15 is 0 Å². The zero-order valence-electron chi connectivity index (χ0n) is 6.78. The van der Waals surface area contributed by atoms with Crippen molar-refractivity contribution in [1.29, 1.82) is 0 Å². The maximum atomic E-state index is 11.2. The van der Waals surface area contributed by atoms with E-state index in [9.17, 15) is 8.42 Å². The molecular weight excluding hydrogens is 194 g/mol. The summed E-state index contributed by atoms with van der Waals surface area (Å²) in [6, 6.07) is 1.76. The van der Waals surface area contributed by atoms with Gasteiger partial charge in [-0.2, -0.15) is 0 Å². The molecule has 0 aliphatic carbocycles. The van der Waals surface area contributed by atoms with E-state index in [1.54, 1.807) is 18.4 Å². The van der Waals surface area contributed by atoms with Crippen molar-refractivity contribution in [1.82, 2.24) is 0 Å². The van der Waals surface area contributed by atoms with E-state index < -0.39 is 9.84 Å². The number of rotatable bonds is 3. The predicted molar refractivity (Wildman–Crippen MR) is 51.9 cm³/mol. The third kappa shape index (κ3) is 2.22. The Bertz CT molecular complexity index is 353. The maximum absolute atomic E-state index is 11.2. The standard InChI is InChI=1S/C7H11NO2S2/c1-2-12(9,10)5-6-3-4-11-7(6)8/h3-4H,2,5,8H2,1H3. The van der Waals surface area contributed by atoms with Gasteiger partial charge in [-0.3, -0.25) is 0 Å². The van der Waals surface area contributed by atoms with Crippen molar-refractivity contribution >= 4 is 26.2 Å². The van der Waals surface area contributed by atoms with Crippen LogP contribution in [0.2, 0.25) is 0 Å². The second kappa shape index (κ2) is 3.45. The molecule has 1 aromatic rings. The van der Waals surface area contributed by atoms with Crippen molar-refractivity contribution in [3.63, 3.8) is 0 Å².